The van der Waals surface area contributed by atoms with Gasteiger partial charge in [0.15, 0.2) is 0 Å². The number of methoxy groups -OCH3 is 1. The SMILES string of the molecule is COc1cc(O)cc(C=CSc2ccc3ccccc3c2)c1. The van der Waals surface area contributed by atoms with Gasteiger partial charge in [-0.1, -0.05) is 42.1 Å². The van der Waals surface area contributed by atoms with Gasteiger partial charge in [-0.25, -0.2) is 0 Å². The molecule has 0 aliphatic rings. The number of fused-ring (bicyclic) bond motifs is 1. The molecule has 3 aromatic carbocycles. The molecule has 2 nitrogen and oxygen atoms in total. The predicted molar refractivity (Wildman–Crippen MR) is 93.5 cm³/mol. The van der Waals surface area contributed by atoms with Crippen molar-refractivity contribution in [2.24, 2.45) is 0 Å². The molecule has 3 rings (SSSR count). The van der Waals surface area contributed by atoms with Crippen LogP contribution in [0.4, 0.5) is 0 Å². The van der Waals surface area contributed by atoms with Crippen LogP contribution in [0.2, 0.25) is 0 Å². The molecule has 22 heavy (non-hydrogen) atoms. The smallest absolute Gasteiger partial charge is 0.123 e. The molecule has 0 radical (unpaired) electrons. The average molecular weight is 308 g/mol. The Balaban J connectivity index is 1.77. The van der Waals surface area contributed by atoms with Gasteiger partial charge >= 0.3 is 0 Å². The summed E-state index contributed by atoms with van der Waals surface area (Å²) in [7, 11) is 1.59. The van der Waals surface area contributed by atoms with E-state index in [1.165, 1.54) is 15.7 Å². The first-order valence-electron chi connectivity index (χ1n) is 6.95. The number of benzene rings is 3. The molecular formula is C19H16O2S. The summed E-state index contributed by atoms with van der Waals surface area (Å²) in [6, 6.07) is 19.9. The monoisotopic (exact) mass is 308 g/mol. The van der Waals surface area contributed by atoms with Crippen molar-refractivity contribution in [3.05, 3.63) is 71.6 Å². The van der Waals surface area contributed by atoms with E-state index < -0.39 is 0 Å². The zero-order valence-corrected chi connectivity index (χ0v) is 13.0. The number of phenols is 1. The van der Waals surface area contributed by atoms with Crippen molar-refractivity contribution >= 4 is 28.6 Å². The van der Waals surface area contributed by atoms with Crippen LogP contribution < -0.4 is 4.74 Å². The highest BCUT2D eigenvalue weighted by Gasteiger charge is 1.98. The first-order chi connectivity index (χ1) is 10.7. The molecule has 0 heterocycles. The van der Waals surface area contributed by atoms with E-state index in [9.17, 15) is 5.11 Å². The normalized spacial score (nSPS) is 11.1. The van der Waals surface area contributed by atoms with Gasteiger partial charge < -0.3 is 9.84 Å². The molecule has 0 fully saturated rings. The Morgan fingerprint density at radius 1 is 0.955 bits per heavy atom. The minimum absolute atomic E-state index is 0.203. The van der Waals surface area contributed by atoms with Crippen LogP contribution in [0, 0.1) is 0 Å². The van der Waals surface area contributed by atoms with E-state index in [1.807, 2.05) is 29.7 Å². The Bertz CT molecular complexity index is 825. The maximum atomic E-state index is 9.64. The van der Waals surface area contributed by atoms with Gasteiger partial charge in [-0.05, 0) is 52.1 Å². The van der Waals surface area contributed by atoms with Gasteiger partial charge in [-0.2, -0.15) is 0 Å². The average Bonchev–Trinajstić information content (AvgIpc) is 2.54. The molecule has 3 heteroatoms. The van der Waals surface area contributed by atoms with E-state index in [-0.39, 0.29) is 5.75 Å². The molecule has 0 amide bonds. The summed E-state index contributed by atoms with van der Waals surface area (Å²) in [6.07, 6.45) is 1.96. The van der Waals surface area contributed by atoms with E-state index in [1.54, 1.807) is 31.0 Å². The molecule has 0 aliphatic carbocycles. The Labute approximate surface area is 134 Å². The van der Waals surface area contributed by atoms with Crippen LogP contribution in [0.5, 0.6) is 11.5 Å². The first kappa shape index (κ1) is 14.5. The second kappa shape index (κ2) is 6.58. The Hall–Kier alpha value is -2.39. The number of thioether (sulfide) groups is 1. The number of hydrogen-bond acceptors (Lipinski definition) is 3. The Kier molecular flexibility index (Phi) is 4.35. The molecule has 1 N–H and O–H groups in total. The summed E-state index contributed by atoms with van der Waals surface area (Å²) >= 11 is 1.65. The third-order valence-electron chi connectivity index (χ3n) is 3.33. The van der Waals surface area contributed by atoms with Gasteiger partial charge in [0.05, 0.1) is 7.11 Å². The summed E-state index contributed by atoms with van der Waals surface area (Å²) in [5.41, 5.74) is 0.908. The maximum absolute atomic E-state index is 9.64. The quantitative estimate of drug-likeness (QED) is 0.662. The van der Waals surface area contributed by atoms with Gasteiger partial charge in [0.25, 0.3) is 0 Å². The molecule has 0 aromatic heterocycles. The fraction of sp³-hybridized carbons (Fsp3) is 0.0526. The van der Waals surface area contributed by atoms with Crippen LogP contribution in [0.3, 0.4) is 0 Å². The van der Waals surface area contributed by atoms with Gasteiger partial charge in [0.1, 0.15) is 11.5 Å². The van der Waals surface area contributed by atoms with Gasteiger partial charge in [-0.15, -0.1) is 0 Å². The first-order valence-corrected chi connectivity index (χ1v) is 7.82. The van der Waals surface area contributed by atoms with Crippen molar-refractivity contribution in [3.8, 4) is 11.5 Å². The summed E-state index contributed by atoms with van der Waals surface area (Å²) in [5.74, 6) is 0.852. The van der Waals surface area contributed by atoms with Crippen molar-refractivity contribution < 1.29 is 9.84 Å². The molecule has 0 bridgehead atoms. The number of aromatic hydroxyl groups is 1. The molecule has 0 saturated heterocycles. The molecule has 0 unspecified atom stereocenters. The van der Waals surface area contributed by atoms with Crippen LogP contribution in [0.15, 0.2) is 71.0 Å². The van der Waals surface area contributed by atoms with E-state index in [4.69, 9.17) is 4.74 Å². The highest BCUT2D eigenvalue weighted by molar-refractivity contribution is 8.02. The lowest BCUT2D eigenvalue weighted by atomic mass is 10.1. The standard InChI is InChI=1S/C19H16O2S/c1-21-18-11-14(10-17(20)13-18)8-9-22-19-7-6-15-4-2-3-5-16(15)12-19/h2-13,20H,1H3. The van der Waals surface area contributed by atoms with Crippen molar-refractivity contribution in [3.63, 3.8) is 0 Å². The van der Waals surface area contributed by atoms with Crippen molar-refractivity contribution in [1.82, 2.24) is 0 Å². The van der Waals surface area contributed by atoms with Gasteiger partial charge in [0.2, 0.25) is 0 Å². The lowest BCUT2D eigenvalue weighted by Gasteiger charge is -2.03. The van der Waals surface area contributed by atoms with Gasteiger partial charge in [-0.3, -0.25) is 0 Å². The largest absolute Gasteiger partial charge is 0.508 e. The summed E-state index contributed by atoms with van der Waals surface area (Å²) < 4.78 is 5.15. The number of ether oxygens (including phenoxy) is 1. The second-order valence-electron chi connectivity index (χ2n) is 4.89. The number of phenolic OH excluding ortho intramolecular Hbond substituents is 1. The van der Waals surface area contributed by atoms with Crippen molar-refractivity contribution in [2.45, 2.75) is 4.90 Å². The third kappa shape index (κ3) is 3.43. The Morgan fingerprint density at radius 3 is 2.59 bits per heavy atom. The topological polar surface area (TPSA) is 29.5 Å². The van der Waals surface area contributed by atoms with Crippen molar-refractivity contribution in [1.29, 1.82) is 0 Å². The van der Waals surface area contributed by atoms with Crippen LogP contribution in [-0.2, 0) is 0 Å². The molecule has 0 aliphatic heterocycles. The predicted octanol–water partition coefficient (Wildman–Crippen LogP) is 5.32. The van der Waals surface area contributed by atoms with Crippen molar-refractivity contribution in [2.75, 3.05) is 7.11 Å². The highest BCUT2D eigenvalue weighted by atomic mass is 32.2. The van der Waals surface area contributed by atoms with Crippen LogP contribution in [-0.4, -0.2) is 12.2 Å². The maximum Gasteiger partial charge on any atom is 0.123 e. The Morgan fingerprint density at radius 2 is 1.77 bits per heavy atom. The molecule has 3 aromatic rings. The minimum atomic E-state index is 0.203. The zero-order chi connectivity index (χ0) is 15.4. The summed E-state index contributed by atoms with van der Waals surface area (Å²) in [4.78, 5) is 1.18. The zero-order valence-electron chi connectivity index (χ0n) is 12.2. The fourth-order valence-corrected chi connectivity index (χ4v) is 2.98. The van der Waals surface area contributed by atoms with E-state index in [2.05, 4.69) is 30.3 Å². The number of rotatable bonds is 4. The number of hydrogen-bond donors (Lipinski definition) is 1. The summed E-state index contributed by atoms with van der Waals surface area (Å²) in [5, 5.41) is 14.1. The fourth-order valence-electron chi connectivity index (χ4n) is 2.25. The third-order valence-corrected chi connectivity index (χ3v) is 4.13. The van der Waals surface area contributed by atoms with Crippen LogP contribution in [0.25, 0.3) is 16.8 Å². The highest BCUT2D eigenvalue weighted by Crippen LogP contribution is 2.27. The van der Waals surface area contributed by atoms with Crippen LogP contribution >= 0.6 is 11.8 Å². The molecular weight excluding hydrogens is 292 g/mol. The summed E-state index contributed by atoms with van der Waals surface area (Å²) in [6.45, 7) is 0. The van der Waals surface area contributed by atoms with E-state index >= 15 is 0 Å². The van der Waals surface area contributed by atoms with E-state index in [0.717, 1.165) is 5.56 Å². The minimum Gasteiger partial charge on any atom is -0.508 e. The molecule has 0 saturated carbocycles. The van der Waals surface area contributed by atoms with Crippen LogP contribution in [0.1, 0.15) is 5.56 Å². The molecule has 0 atom stereocenters. The van der Waals surface area contributed by atoms with Gasteiger partial charge in [0, 0.05) is 11.0 Å². The molecule has 0 spiro atoms. The lowest BCUT2D eigenvalue weighted by Crippen LogP contribution is -1.83. The second-order valence-corrected chi connectivity index (χ2v) is 5.87. The molecule has 110 valence electrons. The van der Waals surface area contributed by atoms with E-state index in [0.29, 0.717) is 5.75 Å². The lowest BCUT2D eigenvalue weighted by molar-refractivity contribution is 0.407.